The highest BCUT2D eigenvalue weighted by Gasteiger charge is 2.25. The minimum absolute atomic E-state index is 0.0681. The third kappa shape index (κ3) is 4.47. The van der Waals surface area contributed by atoms with Crippen LogP contribution in [0.2, 0.25) is 0 Å². The number of carbonyl (C=O) groups is 2. The molecule has 5 heteroatoms. The molecule has 2 aliphatic rings. The van der Waals surface area contributed by atoms with Crippen LogP contribution in [0.1, 0.15) is 50.5 Å². The number of benzene rings is 1. The number of halogens is 1. The summed E-state index contributed by atoms with van der Waals surface area (Å²) in [4.78, 5) is 23.2. The molecule has 0 atom stereocenters. The number of allylic oxidation sites excluding steroid dienone is 1. The van der Waals surface area contributed by atoms with Gasteiger partial charge in [0, 0.05) is 0 Å². The number of carbonyl (C=O) groups excluding carboxylic acids is 2. The molecule has 0 spiro atoms. The molecule has 0 amide bonds. The Kier molecular flexibility index (Phi) is 5.72. The van der Waals surface area contributed by atoms with E-state index in [1.807, 2.05) is 0 Å². The smallest absolute Gasteiger partial charge is 0.201 e. The lowest BCUT2D eigenvalue weighted by Crippen LogP contribution is -2.11. The molecule has 3 nitrogen and oxygen atoms in total. The molecule has 1 saturated carbocycles. The quantitative estimate of drug-likeness (QED) is 0.569. The zero-order chi connectivity index (χ0) is 16.9. The third-order valence-corrected chi connectivity index (χ3v) is 5.50. The fraction of sp³-hybridized carbons (Fsp3) is 0.474. The molecule has 24 heavy (non-hydrogen) atoms. The van der Waals surface area contributed by atoms with Gasteiger partial charge < -0.3 is 4.74 Å². The molecular weight excluding hydrogens is 327 g/mol. The maximum atomic E-state index is 14.2. The van der Waals surface area contributed by atoms with Gasteiger partial charge in [-0.2, -0.15) is 0 Å². The third-order valence-electron chi connectivity index (χ3n) is 4.57. The Morgan fingerprint density at radius 3 is 2.67 bits per heavy atom. The average Bonchev–Trinajstić information content (AvgIpc) is 2.88. The molecule has 1 aliphatic carbocycles. The minimum Gasteiger partial charge on any atom is -0.491 e. The van der Waals surface area contributed by atoms with Crippen molar-refractivity contribution >= 4 is 28.7 Å². The van der Waals surface area contributed by atoms with Gasteiger partial charge in [-0.1, -0.05) is 38.2 Å². The van der Waals surface area contributed by atoms with Crippen LogP contribution in [0.5, 0.6) is 5.75 Å². The molecule has 1 heterocycles. The van der Waals surface area contributed by atoms with E-state index in [4.69, 9.17) is 4.74 Å². The summed E-state index contributed by atoms with van der Waals surface area (Å²) in [5, 5.41) is -0.158. The second-order valence-corrected chi connectivity index (χ2v) is 7.51. The lowest BCUT2D eigenvalue weighted by atomic mass is 9.87. The van der Waals surface area contributed by atoms with E-state index >= 15 is 0 Å². The Hall–Kier alpha value is -1.62. The zero-order valence-corrected chi connectivity index (χ0v) is 14.4. The van der Waals surface area contributed by atoms with Crippen molar-refractivity contribution in [2.75, 3.05) is 6.61 Å². The first-order valence-electron chi connectivity index (χ1n) is 8.50. The van der Waals surface area contributed by atoms with Gasteiger partial charge >= 0.3 is 0 Å². The van der Waals surface area contributed by atoms with Crippen molar-refractivity contribution < 1.29 is 18.7 Å². The van der Waals surface area contributed by atoms with Gasteiger partial charge in [0.2, 0.25) is 5.12 Å². The number of Topliss-reactive ketones (excluding diaryl/α,β-unsaturated/α-hetero) is 1. The normalized spacial score (nSPS) is 20.8. The molecule has 3 rings (SSSR count). The molecule has 0 bridgehead atoms. The van der Waals surface area contributed by atoms with Crippen molar-refractivity contribution in [1.82, 2.24) is 0 Å². The highest BCUT2D eigenvalue weighted by atomic mass is 32.2. The van der Waals surface area contributed by atoms with E-state index in [2.05, 4.69) is 0 Å². The van der Waals surface area contributed by atoms with Crippen LogP contribution < -0.4 is 4.74 Å². The van der Waals surface area contributed by atoms with Crippen LogP contribution in [-0.4, -0.2) is 17.5 Å². The van der Waals surface area contributed by atoms with E-state index in [-0.39, 0.29) is 23.1 Å². The van der Waals surface area contributed by atoms with Crippen LogP contribution in [0.15, 0.2) is 23.1 Å². The lowest BCUT2D eigenvalue weighted by molar-refractivity contribution is -0.119. The van der Waals surface area contributed by atoms with Crippen LogP contribution in [0.3, 0.4) is 0 Å². The zero-order valence-electron chi connectivity index (χ0n) is 13.6. The Bertz CT molecular complexity index is 663. The molecular formula is C19H21FO3S. The molecule has 0 unspecified atom stereocenters. The second kappa shape index (κ2) is 7.97. The number of thioether (sulfide) groups is 1. The molecule has 1 aromatic carbocycles. The molecule has 1 aromatic rings. The van der Waals surface area contributed by atoms with E-state index in [0.717, 1.165) is 18.2 Å². The van der Waals surface area contributed by atoms with Crippen molar-refractivity contribution in [2.45, 2.75) is 44.9 Å². The van der Waals surface area contributed by atoms with Crippen molar-refractivity contribution in [2.24, 2.45) is 5.92 Å². The van der Waals surface area contributed by atoms with Gasteiger partial charge in [0.15, 0.2) is 17.3 Å². The highest BCUT2D eigenvalue weighted by Crippen LogP contribution is 2.31. The topological polar surface area (TPSA) is 43.4 Å². The number of hydrogen-bond acceptors (Lipinski definition) is 4. The molecule has 2 fully saturated rings. The highest BCUT2D eigenvalue weighted by molar-refractivity contribution is 8.18. The van der Waals surface area contributed by atoms with Gasteiger partial charge in [-0.05, 0) is 47.9 Å². The van der Waals surface area contributed by atoms with Crippen LogP contribution in [-0.2, 0) is 9.59 Å². The predicted molar refractivity (Wildman–Crippen MR) is 93.3 cm³/mol. The van der Waals surface area contributed by atoms with Crippen LogP contribution in [0, 0.1) is 11.7 Å². The number of hydrogen-bond donors (Lipinski definition) is 0. The van der Waals surface area contributed by atoms with E-state index < -0.39 is 5.82 Å². The Morgan fingerprint density at radius 2 is 2.00 bits per heavy atom. The maximum Gasteiger partial charge on any atom is 0.201 e. The summed E-state index contributed by atoms with van der Waals surface area (Å²) in [6.07, 6.45) is 8.89. The van der Waals surface area contributed by atoms with Crippen molar-refractivity contribution in [3.8, 4) is 5.75 Å². The summed E-state index contributed by atoms with van der Waals surface area (Å²) in [6, 6.07) is 4.65. The van der Waals surface area contributed by atoms with Gasteiger partial charge in [-0.25, -0.2) is 4.39 Å². The largest absolute Gasteiger partial charge is 0.491 e. The fourth-order valence-corrected chi connectivity index (χ4v) is 4.06. The minimum atomic E-state index is -0.435. The predicted octanol–water partition coefficient (Wildman–Crippen LogP) is 4.75. The first-order chi connectivity index (χ1) is 11.6. The molecule has 1 aliphatic heterocycles. The summed E-state index contributed by atoms with van der Waals surface area (Å²) < 4.78 is 19.7. The van der Waals surface area contributed by atoms with Crippen LogP contribution in [0.25, 0.3) is 6.08 Å². The maximum absolute atomic E-state index is 14.2. The van der Waals surface area contributed by atoms with Gasteiger partial charge in [0.05, 0.1) is 17.9 Å². The Labute approximate surface area is 145 Å². The standard InChI is InChI=1S/C19H21FO3S/c20-15-10-14(11-18-16(21)12-19(22)24-18)6-7-17(15)23-9-8-13-4-2-1-3-5-13/h6-7,10-11,13H,1-5,8-9,12H2/b18-11-. The summed E-state index contributed by atoms with van der Waals surface area (Å²) in [6.45, 7) is 0.533. The summed E-state index contributed by atoms with van der Waals surface area (Å²) in [7, 11) is 0. The first kappa shape index (κ1) is 17.2. The monoisotopic (exact) mass is 348 g/mol. The van der Waals surface area contributed by atoms with Crippen molar-refractivity contribution in [1.29, 1.82) is 0 Å². The number of rotatable bonds is 5. The lowest BCUT2D eigenvalue weighted by Gasteiger charge is -2.21. The van der Waals surface area contributed by atoms with Crippen molar-refractivity contribution in [3.05, 3.63) is 34.5 Å². The fourth-order valence-electron chi connectivity index (χ4n) is 3.23. The van der Waals surface area contributed by atoms with Gasteiger partial charge in [0.25, 0.3) is 0 Å². The van der Waals surface area contributed by atoms with E-state index in [1.54, 1.807) is 18.2 Å². The van der Waals surface area contributed by atoms with Gasteiger partial charge in [0.1, 0.15) is 0 Å². The molecule has 1 saturated heterocycles. The van der Waals surface area contributed by atoms with E-state index in [9.17, 15) is 14.0 Å². The van der Waals surface area contributed by atoms with E-state index in [1.165, 1.54) is 38.2 Å². The average molecular weight is 348 g/mol. The Morgan fingerprint density at radius 1 is 1.21 bits per heavy atom. The molecule has 128 valence electrons. The van der Waals surface area contributed by atoms with E-state index in [0.29, 0.717) is 23.0 Å². The van der Waals surface area contributed by atoms with Crippen LogP contribution >= 0.6 is 11.8 Å². The number of ketones is 1. The van der Waals surface area contributed by atoms with Gasteiger partial charge in [-0.15, -0.1) is 0 Å². The summed E-state index contributed by atoms with van der Waals surface area (Å²) in [5.41, 5.74) is 0.567. The SMILES string of the molecule is O=C1CC(=O)/C(=C/c2ccc(OCCC3CCCCC3)c(F)c2)S1. The molecule has 0 aromatic heterocycles. The second-order valence-electron chi connectivity index (χ2n) is 6.41. The first-order valence-corrected chi connectivity index (χ1v) is 9.31. The van der Waals surface area contributed by atoms with Crippen molar-refractivity contribution in [3.63, 3.8) is 0 Å². The van der Waals surface area contributed by atoms with Gasteiger partial charge in [-0.3, -0.25) is 9.59 Å². The number of ether oxygens (including phenoxy) is 1. The summed E-state index contributed by atoms with van der Waals surface area (Å²) >= 11 is 0.927. The Balaban J connectivity index is 1.57. The van der Waals surface area contributed by atoms with Crippen LogP contribution in [0.4, 0.5) is 4.39 Å². The molecule has 0 N–H and O–H groups in total. The molecule has 0 radical (unpaired) electrons. The summed E-state index contributed by atoms with van der Waals surface area (Å²) in [5.74, 6) is 0.316.